The third-order valence-electron chi connectivity index (χ3n) is 3.58. The normalized spacial score (nSPS) is 25.7. The van der Waals surface area contributed by atoms with Crippen LogP contribution in [0.4, 0.5) is 0 Å². The van der Waals surface area contributed by atoms with E-state index >= 15 is 0 Å². The molecule has 2 saturated heterocycles. The van der Waals surface area contributed by atoms with E-state index in [1.54, 1.807) is 5.57 Å². The fraction of sp³-hybridized carbons (Fsp3) is 0.846. The lowest BCUT2D eigenvalue weighted by molar-refractivity contribution is -0.000172. The minimum absolute atomic E-state index is 0.469. The second-order valence-electron chi connectivity index (χ2n) is 5.17. The predicted octanol–water partition coefficient (Wildman–Crippen LogP) is 1.41. The van der Waals surface area contributed by atoms with Gasteiger partial charge in [0.25, 0.3) is 0 Å². The number of ether oxygens (including phenoxy) is 1. The maximum Gasteiger partial charge on any atom is 0.0702 e. The van der Waals surface area contributed by atoms with E-state index in [-0.39, 0.29) is 0 Å². The van der Waals surface area contributed by atoms with Crippen molar-refractivity contribution in [1.82, 2.24) is 10.2 Å². The summed E-state index contributed by atoms with van der Waals surface area (Å²) in [6.45, 7) is 7.59. The van der Waals surface area contributed by atoms with Crippen LogP contribution in [0.5, 0.6) is 0 Å². The average molecular weight is 224 g/mol. The van der Waals surface area contributed by atoms with Gasteiger partial charge in [-0.2, -0.15) is 0 Å². The van der Waals surface area contributed by atoms with Crippen molar-refractivity contribution in [2.45, 2.75) is 32.3 Å². The molecule has 0 aromatic heterocycles. The van der Waals surface area contributed by atoms with Crippen LogP contribution in [0.25, 0.3) is 0 Å². The summed E-state index contributed by atoms with van der Waals surface area (Å²) in [4.78, 5) is 2.40. The Bertz CT molecular complexity index is 251. The molecule has 0 amide bonds. The van der Waals surface area contributed by atoms with E-state index in [1.165, 1.54) is 24.8 Å². The molecule has 2 heterocycles. The zero-order valence-electron chi connectivity index (χ0n) is 10.6. The number of nitrogens with zero attached hydrogens (tertiary/aromatic N) is 1. The van der Waals surface area contributed by atoms with Crippen molar-refractivity contribution in [1.29, 1.82) is 0 Å². The van der Waals surface area contributed by atoms with Crippen LogP contribution < -0.4 is 5.32 Å². The minimum Gasteiger partial charge on any atom is -0.377 e. The molecular weight excluding hydrogens is 200 g/mol. The Hall–Kier alpha value is -0.380. The van der Waals surface area contributed by atoms with Gasteiger partial charge in [-0.15, -0.1) is 0 Å². The molecule has 3 nitrogen and oxygen atoms in total. The molecule has 2 rings (SSSR count). The smallest absolute Gasteiger partial charge is 0.0702 e. The third kappa shape index (κ3) is 3.30. The number of rotatable bonds is 4. The van der Waals surface area contributed by atoms with Gasteiger partial charge in [-0.3, -0.25) is 4.90 Å². The van der Waals surface area contributed by atoms with Crippen LogP contribution in [-0.4, -0.2) is 50.8 Å². The number of hydrogen-bond donors (Lipinski definition) is 1. The van der Waals surface area contributed by atoms with Crippen molar-refractivity contribution in [2.75, 3.05) is 39.8 Å². The molecule has 1 unspecified atom stereocenters. The summed E-state index contributed by atoms with van der Waals surface area (Å²) >= 11 is 0. The van der Waals surface area contributed by atoms with Crippen LogP contribution in [-0.2, 0) is 4.74 Å². The summed E-state index contributed by atoms with van der Waals surface area (Å²) in [6, 6.07) is 0. The van der Waals surface area contributed by atoms with Crippen molar-refractivity contribution in [3.63, 3.8) is 0 Å². The second kappa shape index (κ2) is 5.80. The quantitative estimate of drug-likeness (QED) is 0.731. The molecule has 0 spiro atoms. The van der Waals surface area contributed by atoms with Gasteiger partial charge >= 0.3 is 0 Å². The van der Waals surface area contributed by atoms with Crippen LogP contribution >= 0.6 is 0 Å². The highest BCUT2D eigenvalue weighted by Gasteiger charge is 2.17. The molecule has 16 heavy (non-hydrogen) atoms. The fourth-order valence-electron chi connectivity index (χ4n) is 2.43. The summed E-state index contributed by atoms with van der Waals surface area (Å²) in [5, 5.41) is 3.30. The summed E-state index contributed by atoms with van der Waals surface area (Å²) in [5.41, 5.74) is 3.13. The lowest BCUT2D eigenvalue weighted by Gasteiger charge is -2.29. The van der Waals surface area contributed by atoms with Crippen molar-refractivity contribution >= 4 is 0 Å². The topological polar surface area (TPSA) is 24.5 Å². The molecule has 2 aliphatic rings. The van der Waals surface area contributed by atoms with Gasteiger partial charge in [0, 0.05) is 32.8 Å². The first-order valence-corrected chi connectivity index (χ1v) is 6.44. The highest BCUT2D eigenvalue weighted by atomic mass is 16.5. The van der Waals surface area contributed by atoms with E-state index in [0.717, 1.165) is 32.8 Å². The Labute approximate surface area is 98.8 Å². The molecule has 0 saturated carbocycles. The molecule has 92 valence electrons. The highest BCUT2D eigenvalue weighted by Crippen LogP contribution is 2.15. The first-order valence-electron chi connectivity index (χ1n) is 6.44. The summed E-state index contributed by atoms with van der Waals surface area (Å²) in [6.07, 6.45) is 4.29. The molecule has 1 atom stereocenters. The summed E-state index contributed by atoms with van der Waals surface area (Å²) in [5.74, 6) is 0. The molecule has 0 radical (unpaired) electrons. The average Bonchev–Trinajstić information content (AvgIpc) is 2.15. The monoisotopic (exact) mass is 224 g/mol. The van der Waals surface area contributed by atoms with Crippen LogP contribution in [0.2, 0.25) is 0 Å². The van der Waals surface area contributed by atoms with Crippen LogP contribution in [0.15, 0.2) is 11.1 Å². The first-order chi connectivity index (χ1) is 7.75. The molecule has 2 aliphatic heterocycles. The van der Waals surface area contributed by atoms with E-state index in [9.17, 15) is 0 Å². The molecule has 0 aromatic rings. The largest absolute Gasteiger partial charge is 0.377 e. The van der Waals surface area contributed by atoms with Crippen molar-refractivity contribution in [3.8, 4) is 0 Å². The van der Waals surface area contributed by atoms with Crippen LogP contribution in [0, 0.1) is 0 Å². The van der Waals surface area contributed by atoms with Crippen molar-refractivity contribution in [2.24, 2.45) is 0 Å². The van der Waals surface area contributed by atoms with Crippen LogP contribution in [0.1, 0.15) is 26.2 Å². The van der Waals surface area contributed by atoms with Gasteiger partial charge in [0.1, 0.15) is 0 Å². The Morgan fingerprint density at radius 2 is 2.25 bits per heavy atom. The Morgan fingerprint density at radius 1 is 1.44 bits per heavy atom. The Balaban J connectivity index is 1.72. The maximum atomic E-state index is 5.76. The lowest BCUT2D eigenvalue weighted by Crippen LogP contribution is -2.38. The van der Waals surface area contributed by atoms with Crippen LogP contribution in [0.3, 0.4) is 0 Å². The highest BCUT2D eigenvalue weighted by molar-refractivity contribution is 5.22. The van der Waals surface area contributed by atoms with E-state index in [0.29, 0.717) is 6.10 Å². The number of hydrogen-bond acceptors (Lipinski definition) is 3. The van der Waals surface area contributed by atoms with Gasteiger partial charge in [0.15, 0.2) is 0 Å². The molecule has 0 aromatic carbocycles. The summed E-state index contributed by atoms with van der Waals surface area (Å²) < 4.78 is 5.76. The van der Waals surface area contributed by atoms with E-state index < -0.39 is 0 Å². The van der Waals surface area contributed by atoms with Gasteiger partial charge < -0.3 is 10.1 Å². The van der Waals surface area contributed by atoms with Gasteiger partial charge in [-0.05, 0) is 38.8 Å². The Morgan fingerprint density at radius 3 is 2.81 bits per heavy atom. The standard InChI is InChI=1S/C13H24N2O/c1-11(12-7-14-8-12)9-15(2)10-13-5-3-4-6-16-13/h13-14H,3-10H2,1-2H3. The zero-order chi connectivity index (χ0) is 11.4. The van der Waals surface area contributed by atoms with Gasteiger partial charge in [-0.25, -0.2) is 0 Å². The number of nitrogens with one attached hydrogen (secondary N) is 1. The van der Waals surface area contributed by atoms with E-state index in [4.69, 9.17) is 4.74 Å². The SMILES string of the molecule is CC(CN(C)CC1CCCCO1)=C1CNC1. The van der Waals surface area contributed by atoms with Gasteiger partial charge in [0.2, 0.25) is 0 Å². The molecule has 3 heteroatoms. The fourth-order valence-corrected chi connectivity index (χ4v) is 2.43. The Kier molecular flexibility index (Phi) is 4.38. The third-order valence-corrected chi connectivity index (χ3v) is 3.58. The summed E-state index contributed by atoms with van der Waals surface area (Å²) in [7, 11) is 2.20. The zero-order valence-corrected chi connectivity index (χ0v) is 10.6. The molecular formula is C13H24N2O. The van der Waals surface area contributed by atoms with E-state index in [1.807, 2.05) is 0 Å². The van der Waals surface area contributed by atoms with Gasteiger partial charge in [0.05, 0.1) is 6.10 Å². The minimum atomic E-state index is 0.469. The van der Waals surface area contributed by atoms with Gasteiger partial charge in [-0.1, -0.05) is 5.57 Å². The molecule has 0 aliphatic carbocycles. The van der Waals surface area contributed by atoms with E-state index in [2.05, 4.69) is 24.2 Å². The van der Waals surface area contributed by atoms with Crippen molar-refractivity contribution in [3.05, 3.63) is 11.1 Å². The van der Waals surface area contributed by atoms with Crippen molar-refractivity contribution < 1.29 is 4.74 Å². The maximum absolute atomic E-state index is 5.76. The molecule has 0 bridgehead atoms. The number of likely N-dealkylation sites (N-methyl/N-ethyl adjacent to an activating group) is 1. The molecule has 2 fully saturated rings. The second-order valence-corrected chi connectivity index (χ2v) is 5.17. The lowest BCUT2D eigenvalue weighted by atomic mass is 10.0. The predicted molar refractivity (Wildman–Crippen MR) is 66.7 cm³/mol. The molecule has 1 N–H and O–H groups in total. The first kappa shape index (κ1) is 12.1.